The van der Waals surface area contributed by atoms with E-state index in [0.717, 1.165) is 0 Å². The number of fused-ring (bicyclic) bond motifs is 1. The van der Waals surface area contributed by atoms with Crippen molar-refractivity contribution in [3.63, 3.8) is 0 Å². The third-order valence-electron chi connectivity index (χ3n) is 6.51. The Hall–Kier alpha value is -4.47. The number of nitrogens with one attached hydrogen (secondary N) is 1. The Morgan fingerprint density at radius 1 is 1.11 bits per heavy atom. The number of hydrogen-bond donors (Lipinski definition) is 1. The van der Waals surface area contributed by atoms with Crippen molar-refractivity contribution < 1.29 is 28.6 Å². The lowest BCUT2D eigenvalue weighted by Crippen LogP contribution is -2.60. The molecule has 1 unspecified atom stereocenters. The zero-order valence-corrected chi connectivity index (χ0v) is 26.1. The number of carbonyl (C=O) groups excluding carboxylic acids is 3. The summed E-state index contributed by atoms with van der Waals surface area (Å²) in [6.07, 6.45) is 3.18. The quantitative estimate of drug-likeness (QED) is 0.383. The highest BCUT2D eigenvalue weighted by molar-refractivity contribution is 6.31. The summed E-state index contributed by atoms with van der Waals surface area (Å²) in [6, 6.07) is 8.53. The molecule has 1 saturated heterocycles. The van der Waals surface area contributed by atoms with Gasteiger partial charge in [-0.25, -0.2) is 19.4 Å². The summed E-state index contributed by atoms with van der Waals surface area (Å²) in [7, 11) is 1.49. The smallest absolute Gasteiger partial charge is 0.415 e. The van der Waals surface area contributed by atoms with Gasteiger partial charge in [0.05, 0.1) is 22.5 Å². The first-order chi connectivity index (χ1) is 20.8. The number of H-pyrrole nitrogens is 1. The molecular weight excluding hydrogens is 613 g/mol. The van der Waals surface area contributed by atoms with E-state index in [9.17, 15) is 19.2 Å². The number of amides is 3. The van der Waals surface area contributed by atoms with Crippen LogP contribution in [-0.2, 0) is 9.47 Å². The normalized spacial score (nSPS) is 15.0. The summed E-state index contributed by atoms with van der Waals surface area (Å²) >= 11 is 12.3. The third kappa shape index (κ3) is 7.92. The molecule has 1 aliphatic heterocycles. The zero-order valence-electron chi connectivity index (χ0n) is 24.6. The Morgan fingerprint density at radius 2 is 1.82 bits per heavy atom. The lowest BCUT2D eigenvalue weighted by atomic mass is 10.1. The van der Waals surface area contributed by atoms with Crippen molar-refractivity contribution in [2.75, 3.05) is 39.8 Å². The first-order valence-corrected chi connectivity index (χ1v) is 14.3. The molecular formula is C30H31Cl2N5O7. The Morgan fingerprint density at radius 3 is 2.52 bits per heavy atom. The molecule has 3 aromatic rings. The number of carbonyl (C=O) groups is 3. The second kappa shape index (κ2) is 13.4. The van der Waals surface area contributed by atoms with Crippen LogP contribution in [0.2, 0.25) is 10.0 Å². The lowest BCUT2D eigenvalue weighted by molar-refractivity contribution is 0.00298. The topological polar surface area (TPSA) is 134 Å². The molecule has 0 saturated carbocycles. The van der Waals surface area contributed by atoms with E-state index in [2.05, 4.69) is 15.9 Å². The van der Waals surface area contributed by atoms with Crippen LogP contribution in [0.4, 0.5) is 14.4 Å². The van der Waals surface area contributed by atoms with E-state index in [4.69, 9.17) is 43.8 Å². The summed E-state index contributed by atoms with van der Waals surface area (Å²) in [5, 5.41) is 0.984. The highest BCUT2D eigenvalue weighted by Crippen LogP contribution is 2.32. The van der Waals surface area contributed by atoms with E-state index < -0.39 is 35.5 Å². The van der Waals surface area contributed by atoms with Crippen molar-refractivity contribution >= 4 is 52.4 Å². The van der Waals surface area contributed by atoms with E-state index in [1.165, 1.54) is 46.0 Å². The summed E-state index contributed by atoms with van der Waals surface area (Å²) in [6.45, 7) is 5.30. The number of benzene rings is 2. The molecule has 44 heavy (non-hydrogen) atoms. The highest BCUT2D eigenvalue weighted by Gasteiger charge is 2.37. The molecule has 1 aromatic heterocycles. The van der Waals surface area contributed by atoms with Crippen molar-refractivity contribution in [2.45, 2.75) is 32.4 Å². The minimum Gasteiger partial charge on any atom is -0.444 e. The average molecular weight is 645 g/mol. The molecule has 0 radical (unpaired) electrons. The van der Waals surface area contributed by atoms with Gasteiger partial charge in [-0.05, 0) is 57.2 Å². The Kier molecular flexibility index (Phi) is 9.91. The van der Waals surface area contributed by atoms with Gasteiger partial charge in [0, 0.05) is 43.3 Å². The number of aromatic amines is 1. The monoisotopic (exact) mass is 643 g/mol. The van der Waals surface area contributed by atoms with Crippen LogP contribution in [0, 0.1) is 12.3 Å². The maximum atomic E-state index is 13.7. The first kappa shape index (κ1) is 32.4. The molecule has 1 atom stereocenters. The molecule has 1 N–H and O–H groups in total. The number of hydrogen-bond acceptors (Lipinski definition) is 8. The van der Waals surface area contributed by atoms with Gasteiger partial charge in [-0.15, -0.1) is 6.42 Å². The highest BCUT2D eigenvalue weighted by atomic mass is 35.5. The number of nitrogens with zero attached hydrogens (tertiary/aromatic N) is 4. The summed E-state index contributed by atoms with van der Waals surface area (Å²) in [5.41, 5.74) is -0.530. The molecule has 1 fully saturated rings. The number of rotatable bonds is 5. The standard InChI is InChI=1S/C30H31Cl2N5O7/c1-6-13-42-27(39)35(5)16-20-17-36(28(40)44-30(2,3)4)11-12-37(20)29(41)43-24-10-8-19(32)15-22(24)25-33-23-9-7-18(31)14-21(23)26(38)34-25/h1,7-10,14-15,20H,11-13,16-17H2,2-5H3,(H,33,34,38). The van der Waals surface area contributed by atoms with Gasteiger partial charge in [-0.1, -0.05) is 29.1 Å². The van der Waals surface area contributed by atoms with Crippen LogP contribution in [0.3, 0.4) is 0 Å². The van der Waals surface area contributed by atoms with Gasteiger partial charge in [0.15, 0.2) is 6.61 Å². The van der Waals surface area contributed by atoms with Gasteiger partial charge in [0.25, 0.3) is 5.56 Å². The number of likely N-dealkylation sites (N-methyl/N-ethyl adjacent to an activating group) is 1. The lowest BCUT2D eigenvalue weighted by Gasteiger charge is -2.42. The van der Waals surface area contributed by atoms with E-state index >= 15 is 0 Å². The molecule has 0 aliphatic carbocycles. The minimum absolute atomic E-state index is 0.00656. The van der Waals surface area contributed by atoms with Crippen LogP contribution in [0.5, 0.6) is 5.75 Å². The average Bonchev–Trinajstić information content (AvgIpc) is 2.96. The van der Waals surface area contributed by atoms with E-state index in [0.29, 0.717) is 15.6 Å². The van der Waals surface area contributed by atoms with E-state index in [-0.39, 0.29) is 55.3 Å². The summed E-state index contributed by atoms with van der Waals surface area (Å²) < 4.78 is 16.3. The fraction of sp³-hybridized carbons (Fsp3) is 0.367. The molecule has 0 spiro atoms. The predicted octanol–water partition coefficient (Wildman–Crippen LogP) is 5.02. The van der Waals surface area contributed by atoms with Crippen molar-refractivity contribution in [3.8, 4) is 29.5 Å². The minimum atomic E-state index is -0.761. The molecule has 12 nitrogen and oxygen atoms in total. The summed E-state index contributed by atoms with van der Waals surface area (Å²) in [4.78, 5) is 63.1. The molecule has 0 bridgehead atoms. The largest absolute Gasteiger partial charge is 0.444 e. The van der Waals surface area contributed by atoms with Crippen molar-refractivity contribution in [3.05, 3.63) is 56.8 Å². The second-order valence-electron chi connectivity index (χ2n) is 11.0. The molecule has 232 valence electrons. The Labute approximate surface area is 263 Å². The fourth-order valence-electron chi connectivity index (χ4n) is 4.52. The SMILES string of the molecule is C#CCOC(=O)N(C)CC1CN(C(=O)OC(C)(C)C)CCN1C(=O)Oc1ccc(Cl)cc1-c1nc2ccc(Cl)cc2c(=O)[nH]1. The summed E-state index contributed by atoms with van der Waals surface area (Å²) in [5.74, 6) is 2.42. The van der Waals surface area contributed by atoms with Crippen molar-refractivity contribution in [1.29, 1.82) is 0 Å². The van der Waals surface area contributed by atoms with Gasteiger partial charge >= 0.3 is 18.3 Å². The zero-order chi connectivity index (χ0) is 32.2. The van der Waals surface area contributed by atoms with Crippen molar-refractivity contribution in [1.82, 2.24) is 24.7 Å². The number of aromatic nitrogens is 2. The molecule has 3 amide bonds. The van der Waals surface area contributed by atoms with Crippen LogP contribution in [0.15, 0.2) is 41.2 Å². The van der Waals surface area contributed by atoms with Gasteiger partial charge in [0.2, 0.25) is 0 Å². The Balaban J connectivity index is 1.62. The Bertz CT molecular complexity index is 1680. The van der Waals surface area contributed by atoms with Crippen LogP contribution < -0.4 is 10.3 Å². The molecule has 14 heteroatoms. The van der Waals surface area contributed by atoms with Gasteiger partial charge < -0.3 is 29.0 Å². The number of terminal acetylenes is 1. The van der Waals surface area contributed by atoms with E-state index in [1.54, 1.807) is 32.9 Å². The van der Waals surface area contributed by atoms with Crippen LogP contribution in [0.1, 0.15) is 20.8 Å². The number of piperazine rings is 1. The molecule has 4 rings (SSSR count). The van der Waals surface area contributed by atoms with Crippen LogP contribution in [-0.4, -0.2) is 94.4 Å². The first-order valence-electron chi connectivity index (χ1n) is 13.5. The van der Waals surface area contributed by atoms with E-state index in [1.807, 2.05) is 0 Å². The molecule has 1 aliphatic rings. The van der Waals surface area contributed by atoms with Gasteiger partial charge in [-0.3, -0.25) is 9.69 Å². The maximum absolute atomic E-state index is 13.7. The maximum Gasteiger partial charge on any atom is 0.415 e. The van der Waals surface area contributed by atoms with Gasteiger partial charge in [0.1, 0.15) is 17.2 Å². The number of ether oxygens (including phenoxy) is 3. The molecule has 2 aromatic carbocycles. The molecule has 2 heterocycles. The van der Waals surface area contributed by atoms with Crippen LogP contribution >= 0.6 is 23.2 Å². The fourth-order valence-corrected chi connectivity index (χ4v) is 4.86. The van der Waals surface area contributed by atoms with Crippen LogP contribution in [0.25, 0.3) is 22.3 Å². The second-order valence-corrected chi connectivity index (χ2v) is 11.9. The van der Waals surface area contributed by atoms with Gasteiger partial charge in [-0.2, -0.15) is 0 Å². The van der Waals surface area contributed by atoms with Crippen molar-refractivity contribution in [2.24, 2.45) is 0 Å². The predicted molar refractivity (Wildman–Crippen MR) is 165 cm³/mol. The third-order valence-corrected chi connectivity index (χ3v) is 6.98. The number of halogens is 2.